The lowest BCUT2D eigenvalue weighted by molar-refractivity contribution is 0.305. The van der Waals surface area contributed by atoms with Gasteiger partial charge in [0.05, 0.1) is 5.52 Å². The van der Waals surface area contributed by atoms with Crippen LogP contribution >= 0.6 is 0 Å². The van der Waals surface area contributed by atoms with E-state index in [1.54, 1.807) is 0 Å². The van der Waals surface area contributed by atoms with Crippen LogP contribution in [0.5, 0.6) is 5.75 Å². The van der Waals surface area contributed by atoms with Gasteiger partial charge in [-0.3, -0.25) is 0 Å². The number of hydrogen-bond donors (Lipinski definition) is 2. The predicted octanol–water partition coefficient (Wildman–Crippen LogP) is 3.51. The lowest BCUT2D eigenvalue weighted by atomic mass is 10.1. The fourth-order valence-electron chi connectivity index (χ4n) is 2.44. The molecular formula is C17H18N2O. The molecule has 3 aromatic rings. The first-order valence-electron chi connectivity index (χ1n) is 6.76. The van der Waals surface area contributed by atoms with E-state index in [2.05, 4.69) is 24.0 Å². The number of aromatic nitrogens is 1. The summed E-state index contributed by atoms with van der Waals surface area (Å²) < 4.78 is 5.91. The molecule has 0 aliphatic heterocycles. The summed E-state index contributed by atoms with van der Waals surface area (Å²) in [6, 6.07) is 14.2. The molecule has 3 nitrogen and oxygen atoms in total. The van der Waals surface area contributed by atoms with Crippen molar-refractivity contribution < 1.29 is 4.74 Å². The van der Waals surface area contributed by atoms with Gasteiger partial charge >= 0.3 is 0 Å². The summed E-state index contributed by atoms with van der Waals surface area (Å²) in [6.45, 7) is 3.14. The van der Waals surface area contributed by atoms with Crippen LogP contribution in [0.15, 0.2) is 48.7 Å². The molecule has 0 amide bonds. The Balaban J connectivity index is 1.87. The van der Waals surface area contributed by atoms with Crippen molar-refractivity contribution in [3.8, 4) is 5.75 Å². The molecule has 0 saturated carbocycles. The normalized spacial score (nSPS) is 10.9. The zero-order valence-electron chi connectivity index (χ0n) is 11.5. The number of nitrogens with two attached hydrogens (primary N) is 1. The molecule has 0 fully saturated rings. The third-order valence-corrected chi connectivity index (χ3v) is 3.58. The average molecular weight is 266 g/mol. The summed E-state index contributed by atoms with van der Waals surface area (Å²) in [6.07, 6.45) is 2.00. The van der Waals surface area contributed by atoms with E-state index >= 15 is 0 Å². The Kier molecular flexibility index (Phi) is 3.44. The molecule has 0 atom stereocenters. The largest absolute Gasteiger partial charge is 0.489 e. The van der Waals surface area contributed by atoms with Gasteiger partial charge in [0.25, 0.3) is 0 Å². The summed E-state index contributed by atoms with van der Waals surface area (Å²) in [4.78, 5) is 3.30. The highest BCUT2D eigenvalue weighted by atomic mass is 16.5. The van der Waals surface area contributed by atoms with Crippen molar-refractivity contribution >= 4 is 10.9 Å². The Morgan fingerprint density at radius 3 is 2.70 bits per heavy atom. The molecule has 1 heterocycles. The lowest BCUT2D eigenvalue weighted by Gasteiger charge is -2.08. The summed E-state index contributed by atoms with van der Waals surface area (Å²) in [5, 5.41) is 1.18. The monoisotopic (exact) mass is 266 g/mol. The van der Waals surface area contributed by atoms with Crippen LogP contribution in [0.4, 0.5) is 0 Å². The van der Waals surface area contributed by atoms with Crippen molar-refractivity contribution in [3.63, 3.8) is 0 Å². The molecule has 0 aliphatic rings. The fourth-order valence-corrected chi connectivity index (χ4v) is 2.44. The Hall–Kier alpha value is -2.26. The molecule has 3 heteroatoms. The molecule has 1 aromatic heterocycles. The quantitative estimate of drug-likeness (QED) is 0.759. The van der Waals surface area contributed by atoms with E-state index in [0.29, 0.717) is 13.2 Å². The molecule has 0 radical (unpaired) electrons. The van der Waals surface area contributed by atoms with Crippen LogP contribution in [0, 0.1) is 6.92 Å². The number of para-hydroxylation sites is 2. The fraction of sp³-hybridized carbons (Fsp3) is 0.176. The van der Waals surface area contributed by atoms with Gasteiger partial charge in [-0.1, -0.05) is 36.4 Å². The predicted molar refractivity (Wildman–Crippen MR) is 81.7 cm³/mol. The number of nitrogens with one attached hydrogen (secondary N) is 1. The molecule has 3 rings (SSSR count). The van der Waals surface area contributed by atoms with E-state index in [1.807, 2.05) is 36.5 Å². The minimum Gasteiger partial charge on any atom is -0.489 e. The first kappa shape index (κ1) is 12.8. The van der Waals surface area contributed by atoms with Crippen molar-refractivity contribution in [2.75, 3.05) is 0 Å². The zero-order chi connectivity index (χ0) is 13.9. The highest BCUT2D eigenvalue weighted by Gasteiger charge is 2.07. The van der Waals surface area contributed by atoms with Crippen molar-refractivity contribution in [2.45, 2.75) is 20.1 Å². The molecule has 3 N–H and O–H groups in total. The van der Waals surface area contributed by atoms with Crippen LogP contribution in [0.25, 0.3) is 10.9 Å². The van der Waals surface area contributed by atoms with Gasteiger partial charge < -0.3 is 15.5 Å². The van der Waals surface area contributed by atoms with Gasteiger partial charge in [0, 0.05) is 23.7 Å². The van der Waals surface area contributed by atoms with E-state index in [0.717, 1.165) is 28.0 Å². The third kappa shape index (κ3) is 2.28. The lowest BCUT2D eigenvalue weighted by Crippen LogP contribution is -1.98. The van der Waals surface area contributed by atoms with Crippen molar-refractivity contribution in [1.82, 2.24) is 4.98 Å². The number of ether oxygens (including phenoxy) is 1. The van der Waals surface area contributed by atoms with Crippen LogP contribution in [-0.2, 0) is 13.2 Å². The number of hydrogen-bond acceptors (Lipinski definition) is 2. The maximum Gasteiger partial charge on any atom is 0.122 e. The van der Waals surface area contributed by atoms with Gasteiger partial charge in [-0.25, -0.2) is 0 Å². The Labute approximate surface area is 118 Å². The third-order valence-electron chi connectivity index (χ3n) is 3.58. The van der Waals surface area contributed by atoms with Gasteiger partial charge in [0.15, 0.2) is 0 Å². The van der Waals surface area contributed by atoms with Gasteiger partial charge in [0.1, 0.15) is 12.4 Å². The number of benzene rings is 2. The number of rotatable bonds is 4. The Morgan fingerprint density at radius 1 is 1.05 bits per heavy atom. The first-order chi connectivity index (χ1) is 9.79. The smallest absolute Gasteiger partial charge is 0.122 e. The summed E-state index contributed by atoms with van der Waals surface area (Å²) >= 11 is 0. The minimum atomic E-state index is 0.538. The second-order valence-electron chi connectivity index (χ2n) is 4.91. The summed E-state index contributed by atoms with van der Waals surface area (Å²) in [5.74, 6) is 0.928. The van der Waals surface area contributed by atoms with E-state index in [-0.39, 0.29) is 0 Å². The molecule has 0 saturated heterocycles. The van der Waals surface area contributed by atoms with Gasteiger partial charge in [-0.2, -0.15) is 0 Å². The molecule has 0 spiro atoms. The van der Waals surface area contributed by atoms with Crippen LogP contribution in [-0.4, -0.2) is 4.98 Å². The summed E-state index contributed by atoms with van der Waals surface area (Å²) in [7, 11) is 0. The maximum absolute atomic E-state index is 5.91. The second-order valence-corrected chi connectivity index (χ2v) is 4.91. The maximum atomic E-state index is 5.91. The first-order valence-corrected chi connectivity index (χ1v) is 6.76. The highest BCUT2D eigenvalue weighted by molar-refractivity contribution is 5.85. The molecule has 20 heavy (non-hydrogen) atoms. The SMILES string of the molecule is Cc1ccccc1OCc1c[nH]c2c(CN)cccc12. The molecule has 0 aliphatic carbocycles. The number of H-pyrrole nitrogens is 1. The van der Waals surface area contributed by atoms with Crippen molar-refractivity contribution in [2.24, 2.45) is 5.73 Å². The molecule has 2 aromatic carbocycles. The minimum absolute atomic E-state index is 0.538. The van der Waals surface area contributed by atoms with E-state index in [1.165, 1.54) is 5.39 Å². The van der Waals surface area contributed by atoms with Crippen molar-refractivity contribution in [3.05, 3.63) is 65.4 Å². The molecule has 0 unspecified atom stereocenters. The van der Waals surface area contributed by atoms with Gasteiger partial charge in [0.2, 0.25) is 0 Å². The topological polar surface area (TPSA) is 51.0 Å². The van der Waals surface area contributed by atoms with Crippen LogP contribution in [0.3, 0.4) is 0 Å². The summed E-state index contributed by atoms with van der Waals surface area (Å²) in [5.41, 5.74) is 10.3. The zero-order valence-corrected chi connectivity index (χ0v) is 11.5. The van der Waals surface area contributed by atoms with Crippen LogP contribution in [0.1, 0.15) is 16.7 Å². The Bertz CT molecular complexity index is 731. The van der Waals surface area contributed by atoms with Crippen molar-refractivity contribution in [1.29, 1.82) is 0 Å². The molecule has 0 bridgehead atoms. The van der Waals surface area contributed by atoms with Gasteiger partial charge in [-0.15, -0.1) is 0 Å². The van der Waals surface area contributed by atoms with E-state index < -0.39 is 0 Å². The standard InChI is InChI=1S/C17H18N2O/c1-12-5-2-3-8-16(12)20-11-14-10-19-17-13(9-18)6-4-7-15(14)17/h2-8,10,19H,9,11,18H2,1H3. The van der Waals surface area contributed by atoms with Gasteiger partial charge in [-0.05, 0) is 24.1 Å². The average Bonchev–Trinajstić information content (AvgIpc) is 2.89. The Morgan fingerprint density at radius 2 is 1.90 bits per heavy atom. The number of aromatic amines is 1. The van der Waals surface area contributed by atoms with E-state index in [9.17, 15) is 0 Å². The second kappa shape index (κ2) is 5.39. The molecular weight excluding hydrogens is 248 g/mol. The van der Waals surface area contributed by atoms with Crippen LogP contribution in [0.2, 0.25) is 0 Å². The van der Waals surface area contributed by atoms with E-state index in [4.69, 9.17) is 10.5 Å². The highest BCUT2D eigenvalue weighted by Crippen LogP contribution is 2.24. The van der Waals surface area contributed by atoms with Crippen LogP contribution < -0.4 is 10.5 Å². The number of aryl methyl sites for hydroxylation is 1. The molecule has 102 valence electrons. The number of fused-ring (bicyclic) bond motifs is 1.